The standard InChI is InChI=1S/C18H16N2O2S/c1-21-14-7-3-12(4-8-14)16-11-19-18(23)20-17(16)13-5-9-15(22-2)10-6-13/h3-11H,1-2H3,(H,19,20,23). The number of methoxy groups -OCH3 is 2. The van der Waals surface area contributed by atoms with Crippen molar-refractivity contribution in [3.8, 4) is 33.9 Å². The zero-order valence-corrected chi connectivity index (χ0v) is 13.7. The molecule has 1 aromatic heterocycles. The molecule has 0 aliphatic rings. The summed E-state index contributed by atoms with van der Waals surface area (Å²) in [5.41, 5.74) is 3.96. The van der Waals surface area contributed by atoms with Crippen molar-refractivity contribution in [1.82, 2.24) is 9.97 Å². The summed E-state index contributed by atoms with van der Waals surface area (Å²) in [4.78, 5) is 7.41. The van der Waals surface area contributed by atoms with Crippen LogP contribution in [0, 0.1) is 4.77 Å². The molecule has 116 valence electrons. The number of hydrogen-bond acceptors (Lipinski definition) is 4. The SMILES string of the molecule is COc1ccc(-c2cnc(=S)[nH]c2-c2ccc(OC)cc2)cc1. The molecule has 0 amide bonds. The fourth-order valence-corrected chi connectivity index (χ4v) is 2.52. The van der Waals surface area contributed by atoms with Gasteiger partial charge in [0.1, 0.15) is 11.5 Å². The van der Waals surface area contributed by atoms with E-state index in [1.54, 1.807) is 20.4 Å². The zero-order valence-electron chi connectivity index (χ0n) is 12.9. The number of nitrogens with zero attached hydrogens (tertiary/aromatic N) is 1. The third-order valence-corrected chi connectivity index (χ3v) is 3.80. The number of rotatable bonds is 4. The van der Waals surface area contributed by atoms with E-state index in [1.807, 2.05) is 48.5 Å². The molecule has 4 nitrogen and oxygen atoms in total. The summed E-state index contributed by atoms with van der Waals surface area (Å²) in [5.74, 6) is 1.63. The topological polar surface area (TPSA) is 47.1 Å². The fourth-order valence-electron chi connectivity index (χ4n) is 2.37. The molecule has 0 bridgehead atoms. The third-order valence-electron chi connectivity index (χ3n) is 3.59. The van der Waals surface area contributed by atoms with Crippen LogP contribution in [-0.4, -0.2) is 24.2 Å². The van der Waals surface area contributed by atoms with E-state index in [4.69, 9.17) is 21.7 Å². The average Bonchev–Trinajstić information content (AvgIpc) is 2.62. The maximum absolute atomic E-state index is 5.21. The van der Waals surface area contributed by atoms with Gasteiger partial charge in [-0.1, -0.05) is 12.1 Å². The van der Waals surface area contributed by atoms with Gasteiger partial charge in [-0.3, -0.25) is 0 Å². The van der Waals surface area contributed by atoms with Gasteiger partial charge in [0, 0.05) is 11.8 Å². The van der Waals surface area contributed by atoms with Gasteiger partial charge in [0.2, 0.25) is 0 Å². The van der Waals surface area contributed by atoms with E-state index in [2.05, 4.69) is 9.97 Å². The largest absolute Gasteiger partial charge is 0.497 e. The summed E-state index contributed by atoms with van der Waals surface area (Å²) in [6.07, 6.45) is 1.79. The molecule has 2 aromatic carbocycles. The van der Waals surface area contributed by atoms with Crippen LogP contribution in [0.4, 0.5) is 0 Å². The van der Waals surface area contributed by atoms with E-state index in [-0.39, 0.29) is 0 Å². The summed E-state index contributed by atoms with van der Waals surface area (Å²) in [7, 11) is 3.30. The molecule has 0 atom stereocenters. The van der Waals surface area contributed by atoms with Gasteiger partial charge in [0.25, 0.3) is 0 Å². The lowest BCUT2D eigenvalue weighted by Gasteiger charge is -2.11. The van der Waals surface area contributed by atoms with E-state index in [0.29, 0.717) is 4.77 Å². The van der Waals surface area contributed by atoms with Crippen LogP contribution < -0.4 is 9.47 Å². The highest BCUT2D eigenvalue weighted by Crippen LogP contribution is 2.31. The third kappa shape index (κ3) is 3.24. The normalized spacial score (nSPS) is 10.3. The Bertz CT molecular complexity index is 855. The fraction of sp³-hybridized carbons (Fsp3) is 0.111. The smallest absolute Gasteiger partial charge is 0.197 e. The highest BCUT2D eigenvalue weighted by atomic mass is 32.1. The van der Waals surface area contributed by atoms with Crippen molar-refractivity contribution in [3.05, 3.63) is 59.5 Å². The van der Waals surface area contributed by atoms with Gasteiger partial charge in [-0.25, -0.2) is 4.98 Å². The maximum atomic E-state index is 5.21. The lowest BCUT2D eigenvalue weighted by atomic mass is 10.0. The van der Waals surface area contributed by atoms with E-state index >= 15 is 0 Å². The average molecular weight is 324 g/mol. The number of hydrogen-bond donors (Lipinski definition) is 1. The molecule has 3 aromatic rings. The predicted octanol–water partition coefficient (Wildman–Crippen LogP) is 4.49. The van der Waals surface area contributed by atoms with E-state index in [0.717, 1.165) is 33.9 Å². The predicted molar refractivity (Wildman–Crippen MR) is 93.4 cm³/mol. The molecule has 0 spiro atoms. The molecular formula is C18H16N2O2S. The summed E-state index contributed by atoms with van der Waals surface area (Å²) in [6.45, 7) is 0. The van der Waals surface area contributed by atoms with Crippen molar-refractivity contribution in [3.63, 3.8) is 0 Å². The first-order chi connectivity index (χ1) is 11.2. The monoisotopic (exact) mass is 324 g/mol. The molecule has 0 radical (unpaired) electrons. The number of aromatic nitrogens is 2. The van der Waals surface area contributed by atoms with E-state index in [1.165, 1.54) is 0 Å². The van der Waals surface area contributed by atoms with Gasteiger partial charge in [-0.05, 0) is 59.7 Å². The number of benzene rings is 2. The lowest BCUT2D eigenvalue weighted by Crippen LogP contribution is -1.93. The number of ether oxygens (including phenoxy) is 2. The van der Waals surface area contributed by atoms with E-state index < -0.39 is 0 Å². The van der Waals surface area contributed by atoms with Crippen molar-refractivity contribution in [2.45, 2.75) is 0 Å². The minimum Gasteiger partial charge on any atom is -0.497 e. The summed E-state index contributed by atoms with van der Waals surface area (Å²) >= 11 is 5.19. The Morgan fingerprint density at radius 2 is 1.35 bits per heavy atom. The quantitative estimate of drug-likeness (QED) is 0.718. The molecule has 1 N–H and O–H groups in total. The Morgan fingerprint density at radius 1 is 0.826 bits per heavy atom. The number of H-pyrrole nitrogens is 1. The van der Waals surface area contributed by atoms with Gasteiger partial charge in [-0.15, -0.1) is 0 Å². The van der Waals surface area contributed by atoms with Crippen LogP contribution in [0.1, 0.15) is 0 Å². The van der Waals surface area contributed by atoms with Gasteiger partial charge < -0.3 is 14.5 Å². The molecule has 0 saturated carbocycles. The number of aromatic amines is 1. The van der Waals surface area contributed by atoms with Crippen LogP contribution in [0.15, 0.2) is 54.7 Å². The van der Waals surface area contributed by atoms with Crippen LogP contribution in [0.3, 0.4) is 0 Å². The molecule has 23 heavy (non-hydrogen) atoms. The molecular weight excluding hydrogens is 308 g/mol. The van der Waals surface area contributed by atoms with Crippen molar-refractivity contribution in [2.75, 3.05) is 14.2 Å². The molecule has 0 aliphatic carbocycles. The molecule has 3 rings (SSSR count). The first-order valence-corrected chi connectivity index (χ1v) is 7.50. The summed E-state index contributed by atoms with van der Waals surface area (Å²) in [5, 5.41) is 0. The van der Waals surface area contributed by atoms with Crippen LogP contribution in [0.2, 0.25) is 0 Å². The van der Waals surface area contributed by atoms with Crippen molar-refractivity contribution in [1.29, 1.82) is 0 Å². The highest BCUT2D eigenvalue weighted by Gasteiger charge is 2.09. The van der Waals surface area contributed by atoms with Crippen LogP contribution in [-0.2, 0) is 0 Å². The Labute approximate surface area is 139 Å². The van der Waals surface area contributed by atoms with Gasteiger partial charge in [-0.2, -0.15) is 0 Å². The molecule has 0 unspecified atom stereocenters. The van der Waals surface area contributed by atoms with Crippen LogP contribution >= 0.6 is 12.2 Å². The highest BCUT2D eigenvalue weighted by molar-refractivity contribution is 7.71. The molecule has 0 aliphatic heterocycles. The van der Waals surface area contributed by atoms with Gasteiger partial charge >= 0.3 is 0 Å². The van der Waals surface area contributed by atoms with Gasteiger partial charge in [0.15, 0.2) is 4.77 Å². The Hall–Kier alpha value is -2.66. The second-order valence-corrected chi connectivity index (χ2v) is 5.32. The second kappa shape index (κ2) is 6.62. The second-order valence-electron chi connectivity index (χ2n) is 4.93. The summed E-state index contributed by atoms with van der Waals surface area (Å²) in [6, 6.07) is 15.7. The molecule has 0 fully saturated rings. The number of nitrogens with one attached hydrogen (secondary N) is 1. The van der Waals surface area contributed by atoms with Crippen molar-refractivity contribution < 1.29 is 9.47 Å². The van der Waals surface area contributed by atoms with Gasteiger partial charge in [0.05, 0.1) is 19.9 Å². The molecule has 5 heteroatoms. The maximum Gasteiger partial charge on any atom is 0.197 e. The van der Waals surface area contributed by atoms with Crippen LogP contribution in [0.5, 0.6) is 11.5 Å². The Balaban J connectivity index is 2.11. The van der Waals surface area contributed by atoms with Crippen LogP contribution in [0.25, 0.3) is 22.4 Å². The molecule has 0 saturated heterocycles. The first-order valence-electron chi connectivity index (χ1n) is 7.09. The van der Waals surface area contributed by atoms with Crippen molar-refractivity contribution in [2.24, 2.45) is 0 Å². The van der Waals surface area contributed by atoms with Crippen molar-refractivity contribution >= 4 is 12.2 Å². The zero-order chi connectivity index (χ0) is 16.2. The Kier molecular flexibility index (Phi) is 4.39. The first kappa shape index (κ1) is 15.2. The summed E-state index contributed by atoms with van der Waals surface area (Å²) < 4.78 is 10.9. The Morgan fingerprint density at radius 3 is 1.87 bits per heavy atom. The molecule has 1 heterocycles. The minimum absolute atomic E-state index is 0.452. The lowest BCUT2D eigenvalue weighted by molar-refractivity contribution is 0.414. The van der Waals surface area contributed by atoms with E-state index in [9.17, 15) is 0 Å². The minimum atomic E-state index is 0.452.